The van der Waals surface area contributed by atoms with Gasteiger partial charge in [0.25, 0.3) is 10.2 Å². The Morgan fingerprint density at radius 2 is 2.17 bits per heavy atom. The number of likely N-dealkylation sites (N-methyl/N-ethyl adjacent to an activating group) is 1. The molecule has 1 aromatic rings. The van der Waals surface area contributed by atoms with Crippen molar-refractivity contribution in [3.63, 3.8) is 0 Å². The van der Waals surface area contributed by atoms with Crippen molar-refractivity contribution in [3.8, 4) is 5.75 Å². The van der Waals surface area contributed by atoms with Crippen molar-refractivity contribution in [1.29, 1.82) is 0 Å². The van der Waals surface area contributed by atoms with Crippen molar-refractivity contribution < 1.29 is 18.3 Å². The van der Waals surface area contributed by atoms with Gasteiger partial charge in [0.2, 0.25) is 0 Å². The van der Waals surface area contributed by atoms with E-state index in [2.05, 4.69) is 4.72 Å². The highest BCUT2D eigenvalue weighted by Gasteiger charge is 2.19. The first-order valence-electron chi connectivity index (χ1n) is 5.37. The quantitative estimate of drug-likeness (QED) is 0.772. The van der Waals surface area contributed by atoms with Crippen LogP contribution in [-0.2, 0) is 10.2 Å². The summed E-state index contributed by atoms with van der Waals surface area (Å²) in [6, 6.07) is 6.88. The van der Waals surface area contributed by atoms with Gasteiger partial charge in [-0.25, -0.2) is 4.72 Å². The largest absolute Gasteiger partial charge is 0.497 e. The third-order valence-corrected chi connectivity index (χ3v) is 4.06. The summed E-state index contributed by atoms with van der Waals surface area (Å²) in [5.41, 5.74) is 0.604. The van der Waals surface area contributed by atoms with E-state index in [-0.39, 0.29) is 6.54 Å². The maximum Gasteiger partial charge on any atom is 0.279 e. The number of benzene rings is 1. The summed E-state index contributed by atoms with van der Waals surface area (Å²) < 4.78 is 31.2. The van der Waals surface area contributed by atoms with E-state index in [1.54, 1.807) is 24.3 Å². The topological polar surface area (TPSA) is 78.9 Å². The molecule has 18 heavy (non-hydrogen) atoms. The molecule has 6 nitrogen and oxygen atoms in total. The van der Waals surface area contributed by atoms with E-state index < -0.39 is 16.3 Å². The van der Waals surface area contributed by atoms with Gasteiger partial charge in [-0.1, -0.05) is 12.1 Å². The molecule has 0 amide bonds. The van der Waals surface area contributed by atoms with Crippen LogP contribution in [0.3, 0.4) is 0 Å². The number of rotatable bonds is 6. The summed E-state index contributed by atoms with van der Waals surface area (Å²) in [7, 11) is 0.727. The number of aliphatic hydroxyl groups is 1. The number of nitrogens with one attached hydrogen (secondary N) is 1. The molecule has 0 fully saturated rings. The summed E-state index contributed by atoms with van der Waals surface area (Å²) >= 11 is 0. The number of methoxy groups -OCH3 is 1. The minimum Gasteiger partial charge on any atom is -0.497 e. The maximum atomic E-state index is 11.5. The highest BCUT2D eigenvalue weighted by Crippen LogP contribution is 2.20. The summed E-state index contributed by atoms with van der Waals surface area (Å²) in [5, 5.41) is 9.98. The fourth-order valence-corrected chi connectivity index (χ4v) is 2.10. The van der Waals surface area contributed by atoms with Gasteiger partial charge in [0.1, 0.15) is 5.75 Å². The summed E-state index contributed by atoms with van der Waals surface area (Å²) in [6.45, 7) is -0.0314. The second-order valence-corrected chi connectivity index (χ2v) is 5.76. The van der Waals surface area contributed by atoms with Gasteiger partial charge in [-0.15, -0.1) is 0 Å². The molecule has 0 saturated heterocycles. The fraction of sp³-hybridized carbons (Fsp3) is 0.455. The van der Waals surface area contributed by atoms with Gasteiger partial charge < -0.3 is 9.84 Å². The van der Waals surface area contributed by atoms with Crippen molar-refractivity contribution in [1.82, 2.24) is 9.03 Å². The predicted octanol–water partition coefficient (Wildman–Crippen LogP) is 0.125. The van der Waals surface area contributed by atoms with Gasteiger partial charge in [-0.05, 0) is 17.7 Å². The normalized spacial score (nSPS) is 13.6. The monoisotopic (exact) mass is 274 g/mol. The van der Waals surface area contributed by atoms with Crippen molar-refractivity contribution in [2.24, 2.45) is 0 Å². The zero-order valence-corrected chi connectivity index (χ0v) is 11.4. The van der Waals surface area contributed by atoms with E-state index in [0.29, 0.717) is 11.3 Å². The van der Waals surface area contributed by atoms with Crippen LogP contribution in [0.1, 0.15) is 11.7 Å². The molecule has 0 spiro atoms. The lowest BCUT2D eigenvalue weighted by atomic mass is 10.1. The molecule has 0 aliphatic carbocycles. The van der Waals surface area contributed by atoms with E-state index in [1.165, 1.54) is 21.2 Å². The number of hydrogen-bond acceptors (Lipinski definition) is 4. The molecular weight excluding hydrogens is 256 g/mol. The molecule has 1 rings (SSSR count). The smallest absolute Gasteiger partial charge is 0.279 e. The van der Waals surface area contributed by atoms with E-state index in [0.717, 1.165) is 4.31 Å². The average Bonchev–Trinajstić information content (AvgIpc) is 2.38. The first-order chi connectivity index (χ1) is 8.40. The average molecular weight is 274 g/mol. The number of hydrogen-bond donors (Lipinski definition) is 2. The van der Waals surface area contributed by atoms with Crippen molar-refractivity contribution >= 4 is 10.2 Å². The molecule has 1 unspecified atom stereocenters. The van der Waals surface area contributed by atoms with E-state index >= 15 is 0 Å². The van der Waals surface area contributed by atoms with Crippen LogP contribution in [0.2, 0.25) is 0 Å². The fourth-order valence-electron chi connectivity index (χ4n) is 1.45. The van der Waals surface area contributed by atoms with E-state index in [9.17, 15) is 13.5 Å². The summed E-state index contributed by atoms with van der Waals surface area (Å²) in [4.78, 5) is 0. The molecule has 0 heterocycles. The zero-order chi connectivity index (χ0) is 13.8. The molecule has 102 valence electrons. The van der Waals surface area contributed by atoms with E-state index in [1.807, 2.05) is 0 Å². The highest BCUT2D eigenvalue weighted by molar-refractivity contribution is 7.87. The molecule has 0 radical (unpaired) electrons. The van der Waals surface area contributed by atoms with Crippen LogP contribution >= 0.6 is 0 Å². The Morgan fingerprint density at radius 3 is 2.72 bits per heavy atom. The van der Waals surface area contributed by atoms with E-state index in [4.69, 9.17) is 4.74 Å². The molecule has 0 aromatic heterocycles. The minimum atomic E-state index is -3.52. The van der Waals surface area contributed by atoms with Gasteiger partial charge in [-0.3, -0.25) is 0 Å². The molecule has 2 N–H and O–H groups in total. The molecule has 1 atom stereocenters. The lowest BCUT2D eigenvalue weighted by Gasteiger charge is -2.20. The van der Waals surface area contributed by atoms with Crippen LogP contribution in [0.4, 0.5) is 0 Å². The van der Waals surface area contributed by atoms with Gasteiger partial charge in [0, 0.05) is 20.6 Å². The molecule has 7 heteroatoms. The Hall–Kier alpha value is -1.15. The van der Waals surface area contributed by atoms with Crippen LogP contribution in [0.25, 0.3) is 0 Å². The Bertz CT molecular complexity index is 490. The van der Waals surface area contributed by atoms with Crippen LogP contribution < -0.4 is 9.46 Å². The van der Waals surface area contributed by atoms with Crippen LogP contribution in [-0.4, -0.2) is 45.6 Å². The molecule has 0 aliphatic heterocycles. The molecule has 1 aromatic carbocycles. The van der Waals surface area contributed by atoms with Crippen molar-refractivity contribution in [3.05, 3.63) is 29.8 Å². The van der Waals surface area contributed by atoms with Gasteiger partial charge >= 0.3 is 0 Å². The lowest BCUT2D eigenvalue weighted by molar-refractivity contribution is 0.154. The van der Waals surface area contributed by atoms with Gasteiger partial charge in [0.05, 0.1) is 13.2 Å². The number of ether oxygens (including phenoxy) is 1. The summed E-state index contributed by atoms with van der Waals surface area (Å²) in [5.74, 6) is 0.616. The van der Waals surface area contributed by atoms with Crippen molar-refractivity contribution in [2.45, 2.75) is 6.10 Å². The predicted molar refractivity (Wildman–Crippen MR) is 68.6 cm³/mol. The third kappa shape index (κ3) is 3.67. The molecule has 0 aliphatic rings. The second kappa shape index (κ2) is 6.14. The lowest BCUT2D eigenvalue weighted by Crippen LogP contribution is -2.38. The third-order valence-electron chi connectivity index (χ3n) is 2.58. The minimum absolute atomic E-state index is 0.0314. The number of nitrogens with zero attached hydrogens (tertiary/aromatic N) is 1. The zero-order valence-electron chi connectivity index (χ0n) is 10.6. The van der Waals surface area contributed by atoms with Crippen LogP contribution in [0, 0.1) is 0 Å². The highest BCUT2D eigenvalue weighted by atomic mass is 32.2. The molecule has 0 saturated carbocycles. The standard InChI is InChI=1S/C11H18N2O4S/c1-12-18(15,16)13(2)8-11(14)9-5-4-6-10(7-9)17-3/h4-7,11-12,14H,8H2,1-3H3. The first kappa shape index (κ1) is 14.9. The van der Waals surface area contributed by atoms with Crippen molar-refractivity contribution in [2.75, 3.05) is 27.7 Å². The Morgan fingerprint density at radius 1 is 1.50 bits per heavy atom. The maximum absolute atomic E-state index is 11.5. The Kier molecular flexibility index (Phi) is 5.09. The Labute approximate surface area is 107 Å². The first-order valence-corrected chi connectivity index (χ1v) is 6.81. The second-order valence-electron chi connectivity index (χ2n) is 3.78. The van der Waals surface area contributed by atoms with Crippen LogP contribution in [0.15, 0.2) is 24.3 Å². The summed E-state index contributed by atoms with van der Waals surface area (Å²) in [6.07, 6.45) is -0.909. The van der Waals surface area contributed by atoms with Gasteiger partial charge in [0.15, 0.2) is 0 Å². The molecule has 0 bridgehead atoms. The van der Waals surface area contributed by atoms with Gasteiger partial charge in [-0.2, -0.15) is 12.7 Å². The Balaban J connectivity index is 2.79. The number of aliphatic hydroxyl groups excluding tert-OH is 1. The van der Waals surface area contributed by atoms with Crippen LogP contribution in [0.5, 0.6) is 5.75 Å². The molecular formula is C11H18N2O4S. The SMILES string of the molecule is CNS(=O)(=O)N(C)CC(O)c1cccc(OC)c1.